The summed E-state index contributed by atoms with van der Waals surface area (Å²) in [6.07, 6.45) is 3.50. The number of benzene rings is 2. The molecule has 11 heteroatoms. The molecule has 7 nitrogen and oxygen atoms in total. The lowest BCUT2D eigenvalue weighted by Crippen LogP contribution is -2.47. The van der Waals surface area contributed by atoms with Crippen molar-refractivity contribution < 1.29 is 27.4 Å². The summed E-state index contributed by atoms with van der Waals surface area (Å²) in [5.74, 6) is -1.53. The van der Waals surface area contributed by atoms with Crippen LogP contribution in [-0.2, 0) is 16.6 Å². The second kappa shape index (κ2) is 10.2. The summed E-state index contributed by atoms with van der Waals surface area (Å²) in [6.45, 7) is 1.92. The number of hydrogen-bond donors (Lipinski definition) is 2. The van der Waals surface area contributed by atoms with Gasteiger partial charge in [0.25, 0.3) is 5.91 Å². The number of amides is 1. The van der Waals surface area contributed by atoms with E-state index in [4.69, 9.17) is 27.9 Å². The minimum Gasteiger partial charge on any atom is -0.490 e. The zero-order valence-corrected chi connectivity index (χ0v) is 21.5. The molecular formula is C24H27Cl2FN2O5S. The molecule has 4 rings (SSSR count). The van der Waals surface area contributed by atoms with Gasteiger partial charge in [-0.05, 0) is 67.0 Å². The van der Waals surface area contributed by atoms with Crippen LogP contribution in [0.1, 0.15) is 53.1 Å². The number of nitrogens with one attached hydrogen (secondary N) is 1. The number of ether oxygens (including phenoxy) is 1. The van der Waals surface area contributed by atoms with Gasteiger partial charge in [-0.25, -0.2) is 17.5 Å². The molecule has 1 amide bonds. The number of hydrogen-bond acceptors (Lipinski definition) is 6. The van der Waals surface area contributed by atoms with Crippen molar-refractivity contribution in [2.45, 2.75) is 43.7 Å². The third-order valence-electron chi connectivity index (χ3n) is 6.25. The first-order valence-electron chi connectivity index (χ1n) is 11.3. The number of piperidine rings is 1. The Bertz CT molecular complexity index is 1210. The Morgan fingerprint density at radius 1 is 1.17 bits per heavy atom. The third-order valence-corrected chi connectivity index (χ3v) is 7.24. The maximum Gasteiger partial charge on any atom is 0.267 e. The van der Waals surface area contributed by atoms with Crippen molar-refractivity contribution in [3.05, 3.63) is 62.9 Å². The van der Waals surface area contributed by atoms with Crippen molar-refractivity contribution in [2.75, 3.05) is 26.0 Å². The second-order valence-corrected chi connectivity index (χ2v) is 12.0. The summed E-state index contributed by atoms with van der Waals surface area (Å²) in [5.41, 5.74) is 0.210. The first-order chi connectivity index (χ1) is 16.4. The molecule has 0 unspecified atom stereocenters. The van der Waals surface area contributed by atoms with E-state index in [1.807, 2.05) is 12.1 Å². The Hall–Kier alpha value is -1.91. The average molecular weight is 545 g/mol. The van der Waals surface area contributed by atoms with Crippen molar-refractivity contribution in [1.29, 1.82) is 0 Å². The summed E-state index contributed by atoms with van der Waals surface area (Å²) in [7, 11) is -3.83. The number of nitrogens with zero attached hydrogens (tertiary/aromatic N) is 1. The Morgan fingerprint density at radius 2 is 1.80 bits per heavy atom. The van der Waals surface area contributed by atoms with E-state index in [0.29, 0.717) is 48.1 Å². The quantitative estimate of drug-likeness (QED) is 0.519. The van der Waals surface area contributed by atoms with Crippen molar-refractivity contribution in [2.24, 2.45) is 0 Å². The highest BCUT2D eigenvalue weighted by Crippen LogP contribution is 2.45. The molecule has 1 aliphatic heterocycles. The maximum atomic E-state index is 14.7. The van der Waals surface area contributed by atoms with E-state index in [-0.39, 0.29) is 23.8 Å². The van der Waals surface area contributed by atoms with Gasteiger partial charge in [-0.15, -0.1) is 0 Å². The van der Waals surface area contributed by atoms with Crippen LogP contribution in [0.5, 0.6) is 5.75 Å². The number of carbonyl (C=O) groups excluding carboxylic acids is 1. The summed E-state index contributed by atoms with van der Waals surface area (Å²) >= 11 is 12.2. The summed E-state index contributed by atoms with van der Waals surface area (Å²) in [6, 6.07) is 7.87. The highest BCUT2D eigenvalue weighted by atomic mass is 35.5. The minimum absolute atomic E-state index is 0.0160. The van der Waals surface area contributed by atoms with Gasteiger partial charge in [0, 0.05) is 35.7 Å². The fraction of sp³-hybridized carbons (Fsp3) is 0.458. The molecule has 0 spiro atoms. The van der Waals surface area contributed by atoms with Gasteiger partial charge < -0.3 is 9.84 Å². The zero-order valence-electron chi connectivity index (χ0n) is 19.2. The molecule has 190 valence electrons. The number of carbonyl (C=O) groups is 1. The molecule has 1 saturated carbocycles. The molecule has 1 saturated heterocycles. The third kappa shape index (κ3) is 7.07. The molecule has 1 aliphatic carbocycles. The first kappa shape index (κ1) is 26.2. The number of likely N-dealkylation sites (tertiary alicyclic amines) is 1. The van der Waals surface area contributed by atoms with E-state index in [0.717, 1.165) is 30.7 Å². The fourth-order valence-electron chi connectivity index (χ4n) is 4.25. The molecule has 2 N–H and O–H groups in total. The van der Waals surface area contributed by atoms with Crippen molar-refractivity contribution in [3.63, 3.8) is 0 Å². The summed E-state index contributed by atoms with van der Waals surface area (Å²) < 4.78 is 45.1. The summed E-state index contributed by atoms with van der Waals surface area (Å²) in [5, 5.41) is 12.2. The Balaban J connectivity index is 1.40. The second-order valence-electron chi connectivity index (χ2n) is 9.41. The van der Waals surface area contributed by atoms with Crippen molar-refractivity contribution >= 4 is 39.1 Å². The average Bonchev–Trinajstić information content (AvgIpc) is 3.57. The molecule has 0 bridgehead atoms. The van der Waals surface area contributed by atoms with Gasteiger partial charge in [-0.3, -0.25) is 9.69 Å². The van der Waals surface area contributed by atoms with E-state index < -0.39 is 27.3 Å². The lowest BCUT2D eigenvalue weighted by molar-refractivity contribution is -0.0539. The maximum absolute atomic E-state index is 14.7. The lowest BCUT2D eigenvalue weighted by Gasteiger charge is -2.38. The fourth-order valence-corrected chi connectivity index (χ4v) is 5.27. The van der Waals surface area contributed by atoms with Crippen LogP contribution in [0.2, 0.25) is 10.0 Å². The molecule has 35 heavy (non-hydrogen) atoms. The van der Waals surface area contributed by atoms with Crippen LogP contribution in [0.15, 0.2) is 30.3 Å². The van der Waals surface area contributed by atoms with Crippen LogP contribution >= 0.6 is 23.2 Å². The van der Waals surface area contributed by atoms with E-state index >= 15 is 0 Å². The zero-order chi connectivity index (χ0) is 25.4. The normalized spacial score (nSPS) is 18.3. The highest BCUT2D eigenvalue weighted by molar-refractivity contribution is 7.89. The smallest absolute Gasteiger partial charge is 0.267 e. The van der Waals surface area contributed by atoms with Gasteiger partial charge in [0.05, 0.1) is 11.8 Å². The lowest BCUT2D eigenvalue weighted by atomic mass is 9.92. The topological polar surface area (TPSA) is 95.9 Å². The number of sulfonamides is 1. The molecular weight excluding hydrogens is 518 g/mol. The van der Waals surface area contributed by atoms with Gasteiger partial charge in [-0.1, -0.05) is 23.2 Å². The van der Waals surface area contributed by atoms with E-state index in [2.05, 4.69) is 4.90 Å². The van der Waals surface area contributed by atoms with Crippen LogP contribution in [0.4, 0.5) is 4.39 Å². The predicted molar refractivity (Wildman–Crippen MR) is 132 cm³/mol. The molecule has 1 heterocycles. The summed E-state index contributed by atoms with van der Waals surface area (Å²) in [4.78, 5) is 14.4. The molecule has 2 aromatic carbocycles. The van der Waals surface area contributed by atoms with Gasteiger partial charge in [-0.2, -0.15) is 0 Å². The molecule has 0 atom stereocenters. The molecule has 2 aromatic rings. The Kier molecular flexibility index (Phi) is 7.64. The SMILES string of the molecule is CS(=O)(=O)NC(=O)c1cc(C2CC2)c(OCC2(O)CCN(Cc3cc(Cl)cc(Cl)c3)CC2)cc1F. The standard InChI is InChI=1S/C24H27Cl2FN2O5S/c1-35(32,33)28-23(30)20-11-19(16-2-3-16)22(12-21(20)27)34-14-24(31)4-6-29(7-5-24)13-15-8-17(25)10-18(26)9-15/h8-12,16,31H,2-7,13-14H2,1H3,(H,28,30). The molecule has 0 aromatic heterocycles. The predicted octanol–water partition coefficient (Wildman–Crippen LogP) is 4.11. The number of halogens is 3. The van der Waals surface area contributed by atoms with Crippen LogP contribution in [0.3, 0.4) is 0 Å². The molecule has 2 aliphatic rings. The minimum atomic E-state index is -3.83. The largest absolute Gasteiger partial charge is 0.490 e. The Morgan fingerprint density at radius 3 is 2.37 bits per heavy atom. The van der Waals surface area contributed by atoms with Crippen molar-refractivity contribution in [3.8, 4) is 5.75 Å². The van der Waals surface area contributed by atoms with Crippen LogP contribution < -0.4 is 9.46 Å². The number of aliphatic hydroxyl groups is 1. The van der Waals surface area contributed by atoms with Crippen molar-refractivity contribution in [1.82, 2.24) is 9.62 Å². The van der Waals surface area contributed by atoms with Crippen LogP contribution in [0, 0.1) is 5.82 Å². The van der Waals surface area contributed by atoms with Crippen LogP contribution in [0.25, 0.3) is 0 Å². The van der Waals surface area contributed by atoms with Gasteiger partial charge in [0.1, 0.15) is 23.8 Å². The Labute approximate surface area is 214 Å². The van der Waals surface area contributed by atoms with E-state index in [1.165, 1.54) is 6.07 Å². The van der Waals surface area contributed by atoms with E-state index in [1.54, 1.807) is 10.8 Å². The van der Waals surface area contributed by atoms with Gasteiger partial charge >= 0.3 is 0 Å². The highest BCUT2D eigenvalue weighted by Gasteiger charge is 2.35. The van der Waals surface area contributed by atoms with Crippen LogP contribution in [-0.4, -0.2) is 55.9 Å². The molecule has 0 radical (unpaired) electrons. The molecule has 2 fully saturated rings. The number of rotatable bonds is 8. The van der Waals surface area contributed by atoms with E-state index in [9.17, 15) is 22.7 Å². The van der Waals surface area contributed by atoms with Gasteiger partial charge in [0.2, 0.25) is 10.0 Å². The van der Waals surface area contributed by atoms with Gasteiger partial charge in [0.15, 0.2) is 0 Å². The first-order valence-corrected chi connectivity index (χ1v) is 13.9. The monoisotopic (exact) mass is 544 g/mol.